The maximum atomic E-state index is 13.2. The van der Waals surface area contributed by atoms with Gasteiger partial charge in [0.15, 0.2) is 0 Å². The fourth-order valence-electron chi connectivity index (χ4n) is 2.38. The van der Waals surface area contributed by atoms with E-state index >= 15 is 0 Å². The second-order valence-corrected chi connectivity index (χ2v) is 5.76. The van der Waals surface area contributed by atoms with Crippen molar-refractivity contribution in [1.82, 2.24) is 9.97 Å². The summed E-state index contributed by atoms with van der Waals surface area (Å²) in [7, 11) is 0. The van der Waals surface area contributed by atoms with Crippen LogP contribution in [0.2, 0.25) is 0 Å². The van der Waals surface area contributed by atoms with E-state index in [2.05, 4.69) is 27.9 Å². The summed E-state index contributed by atoms with van der Waals surface area (Å²) in [6.45, 7) is 3.65. The van der Waals surface area contributed by atoms with Crippen molar-refractivity contribution in [2.24, 2.45) is 0 Å². The minimum absolute atomic E-state index is 0.607. The number of aromatic nitrogens is 2. The van der Waals surface area contributed by atoms with Crippen molar-refractivity contribution in [3.63, 3.8) is 0 Å². The van der Waals surface area contributed by atoms with Crippen molar-refractivity contribution in [2.75, 3.05) is 18.0 Å². The number of rotatable bonds is 2. The van der Waals surface area contributed by atoms with E-state index in [-0.39, 0.29) is 0 Å². The number of fused-ring (bicyclic) bond motifs is 1. The van der Waals surface area contributed by atoms with Gasteiger partial charge in [-0.15, -0.1) is 11.3 Å². The van der Waals surface area contributed by atoms with Crippen molar-refractivity contribution in [3.05, 3.63) is 17.3 Å². The molecule has 1 fully saturated rings. The van der Waals surface area contributed by atoms with E-state index in [1.807, 2.05) is 0 Å². The predicted molar refractivity (Wildman–Crippen MR) is 73.1 cm³/mol. The molecule has 5 heteroatoms. The minimum Gasteiger partial charge on any atom is -0.356 e. The molecule has 0 atom stereocenters. The molecule has 1 aliphatic heterocycles. The zero-order valence-corrected chi connectivity index (χ0v) is 11.2. The Kier molecular flexibility index (Phi) is 3.16. The Morgan fingerprint density at radius 2 is 2.17 bits per heavy atom. The number of piperidine rings is 1. The number of hydrogen-bond donors (Lipinski definition) is 0. The first-order valence-corrected chi connectivity index (χ1v) is 7.22. The number of hydrogen-bond acceptors (Lipinski definition) is 4. The lowest BCUT2D eigenvalue weighted by atomic mass is 10.1. The molecule has 2 aromatic heterocycles. The second-order valence-electron chi connectivity index (χ2n) is 4.64. The topological polar surface area (TPSA) is 29.0 Å². The standard InChI is InChI=1S/C13H16FN3S/c1-2-10-7-11-12(15-8-16-13(11)18-10)17-5-3-9(14)4-6-17/h7-9H,2-6H2,1H3. The molecule has 3 heterocycles. The summed E-state index contributed by atoms with van der Waals surface area (Å²) < 4.78 is 13.2. The highest BCUT2D eigenvalue weighted by molar-refractivity contribution is 7.18. The van der Waals surface area contributed by atoms with Gasteiger partial charge in [-0.25, -0.2) is 14.4 Å². The monoisotopic (exact) mass is 265 g/mol. The third-order valence-corrected chi connectivity index (χ3v) is 4.62. The molecule has 2 aromatic rings. The van der Waals surface area contributed by atoms with Crippen LogP contribution in [-0.4, -0.2) is 29.2 Å². The number of alkyl halides is 1. The van der Waals surface area contributed by atoms with Gasteiger partial charge < -0.3 is 4.90 Å². The van der Waals surface area contributed by atoms with E-state index in [1.54, 1.807) is 17.7 Å². The highest BCUT2D eigenvalue weighted by Gasteiger charge is 2.21. The third-order valence-electron chi connectivity index (χ3n) is 3.43. The van der Waals surface area contributed by atoms with E-state index in [0.29, 0.717) is 12.8 Å². The Bertz CT molecular complexity index is 546. The van der Waals surface area contributed by atoms with Crippen LogP contribution in [0.4, 0.5) is 10.2 Å². The highest BCUT2D eigenvalue weighted by Crippen LogP contribution is 2.31. The molecule has 96 valence electrons. The van der Waals surface area contributed by atoms with Crippen LogP contribution in [-0.2, 0) is 6.42 Å². The van der Waals surface area contributed by atoms with E-state index in [4.69, 9.17) is 0 Å². The normalized spacial score (nSPS) is 17.6. The Hall–Kier alpha value is -1.23. The molecular formula is C13H16FN3S. The summed E-state index contributed by atoms with van der Waals surface area (Å²) in [5, 5.41) is 1.12. The Labute approximate surface area is 110 Å². The van der Waals surface area contributed by atoms with Crippen LogP contribution in [0.1, 0.15) is 24.6 Å². The lowest BCUT2D eigenvalue weighted by Crippen LogP contribution is -2.35. The first kappa shape index (κ1) is 11.8. The van der Waals surface area contributed by atoms with Crippen LogP contribution in [0.15, 0.2) is 12.4 Å². The van der Waals surface area contributed by atoms with Crippen LogP contribution in [0.3, 0.4) is 0 Å². The average Bonchev–Trinajstić information content (AvgIpc) is 2.82. The molecule has 0 aromatic carbocycles. The molecule has 3 rings (SSSR count). The van der Waals surface area contributed by atoms with Gasteiger partial charge in [0.25, 0.3) is 0 Å². The number of aryl methyl sites for hydroxylation is 1. The largest absolute Gasteiger partial charge is 0.356 e. The fraction of sp³-hybridized carbons (Fsp3) is 0.538. The molecule has 1 saturated heterocycles. The van der Waals surface area contributed by atoms with Crippen LogP contribution in [0.5, 0.6) is 0 Å². The van der Waals surface area contributed by atoms with Gasteiger partial charge in [-0.2, -0.15) is 0 Å². The van der Waals surface area contributed by atoms with Crippen LogP contribution in [0.25, 0.3) is 10.2 Å². The van der Waals surface area contributed by atoms with Crippen LogP contribution >= 0.6 is 11.3 Å². The molecule has 1 aliphatic rings. The SMILES string of the molecule is CCc1cc2c(N3CCC(F)CC3)ncnc2s1. The van der Waals surface area contributed by atoms with Gasteiger partial charge in [0.05, 0.1) is 5.39 Å². The summed E-state index contributed by atoms with van der Waals surface area (Å²) in [5.41, 5.74) is 0. The summed E-state index contributed by atoms with van der Waals surface area (Å²) in [5.74, 6) is 0.975. The first-order chi connectivity index (χ1) is 8.78. The summed E-state index contributed by atoms with van der Waals surface area (Å²) in [4.78, 5) is 13.3. The lowest BCUT2D eigenvalue weighted by Gasteiger charge is -2.29. The van der Waals surface area contributed by atoms with Gasteiger partial charge in [-0.1, -0.05) is 6.92 Å². The summed E-state index contributed by atoms with van der Waals surface area (Å²) >= 11 is 1.72. The quantitative estimate of drug-likeness (QED) is 0.835. The van der Waals surface area contributed by atoms with Gasteiger partial charge in [0, 0.05) is 18.0 Å². The molecule has 0 N–H and O–H groups in total. The predicted octanol–water partition coefficient (Wildman–Crippen LogP) is 3.19. The number of halogens is 1. The van der Waals surface area contributed by atoms with E-state index in [9.17, 15) is 4.39 Å². The highest BCUT2D eigenvalue weighted by atomic mass is 32.1. The van der Waals surface area contributed by atoms with Gasteiger partial charge >= 0.3 is 0 Å². The van der Waals surface area contributed by atoms with Crippen LogP contribution in [0, 0.1) is 0 Å². The van der Waals surface area contributed by atoms with Gasteiger partial charge in [-0.3, -0.25) is 0 Å². The summed E-state index contributed by atoms with van der Waals surface area (Å²) in [6, 6.07) is 2.18. The molecule has 0 spiro atoms. The van der Waals surface area contributed by atoms with E-state index in [1.165, 1.54) is 4.88 Å². The zero-order valence-electron chi connectivity index (χ0n) is 10.4. The number of anilines is 1. The molecule has 18 heavy (non-hydrogen) atoms. The Balaban J connectivity index is 1.98. The zero-order chi connectivity index (χ0) is 12.5. The first-order valence-electron chi connectivity index (χ1n) is 6.40. The van der Waals surface area contributed by atoms with Crippen LogP contribution < -0.4 is 4.90 Å². The minimum atomic E-state index is -0.646. The van der Waals surface area contributed by atoms with Gasteiger partial charge in [0.1, 0.15) is 23.1 Å². The maximum absolute atomic E-state index is 13.2. The van der Waals surface area contributed by atoms with Crippen molar-refractivity contribution < 1.29 is 4.39 Å². The molecule has 0 aliphatic carbocycles. The van der Waals surface area contributed by atoms with Gasteiger partial charge in [0.2, 0.25) is 0 Å². The molecule has 0 unspecified atom stereocenters. The van der Waals surface area contributed by atoms with Gasteiger partial charge in [-0.05, 0) is 25.3 Å². The molecule has 0 amide bonds. The molecule has 0 bridgehead atoms. The Morgan fingerprint density at radius 1 is 1.39 bits per heavy atom. The molecule has 0 radical (unpaired) electrons. The van der Waals surface area contributed by atoms with E-state index < -0.39 is 6.17 Å². The van der Waals surface area contributed by atoms with Crippen molar-refractivity contribution in [3.8, 4) is 0 Å². The second kappa shape index (κ2) is 4.80. The molecular weight excluding hydrogens is 249 g/mol. The van der Waals surface area contributed by atoms with Crippen molar-refractivity contribution in [2.45, 2.75) is 32.4 Å². The average molecular weight is 265 g/mol. The smallest absolute Gasteiger partial charge is 0.140 e. The van der Waals surface area contributed by atoms with E-state index in [0.717, 1.165) is 35.5 Å². The fourth-order valence-corrected chi connectivity index (χ4v) is 3.31. The molecule has 0 saturated carbocycles. The van der Waals surface area contributed by atoms with Crippen molar-refractivity contribution in [1.29, 1.82) is 0 Å². The lowest BCUT2D eigenvalue weighted by molar-refractivity contribution is 0.277. The molecule has 3 nitrogen and oxygen atoms in total. The Morgan fingerprint density at radius 3 is 2.89 bits per heavy atom. The number of nitrogens with zero attached hydrogens (tertiary/aromatic N) is 3. The summed E-state index contributed by atoms with van der Waals surface area (Å²) in [6.07, 6.45) is 3.21. The van der Waals surface area contributed by atoms with Crippen molar-refractivity contribution >= 4 is 27.4 Å². The number of thiophene rings is 1. The third kappa shape index (κ3) is 2.07. The maximum Gasteiger partial charge on any atom is 0.140 e.